The number of amides is 1. The molecule has 31 heavy (non-hydrogen) atoms. The van der Waals surface area contributed by atoms with E-state index in [0.717, 1.165) is 45.0 Å². The number of hydrogen-bond donors (Lipinski definition) is 1. The van der Waals surface area contributed by atoms with Crippen LogP contribution in [0.15, 0.2) is 47.3 Å². The van der Waals surface area contributed by atoms with Crippen molar-refractivity contribution in [3.63, 3.8) is 0 Å². The van der Waals surface area contributed by atoms with Gasteiger partial charge in [-0.3, -0.25) is 9.59 Å². The summed E-state index contributed by atoms with van der Waals surface area (Å²) < 4.78 is 0.874. The summed E-state index contributed by atoms with van der Waals surface area (Å²) in [6, 6.07) is 13.6. The van der Waals surface area contributed by atoms with Gasteiger partial charge in [0.1, 0.15) is 0 Å². The van der Waals surface area contributed by atoms with Crippen molar-refractivity contribution in [2.75, 3.05) is 31.1 Å². The van der Waals surface area contributed by atoms with E-state index < -0.39 is 0 Å². The van der Waals surface area contributed by atoms with Crippen molar-refractivity contribution >= 4 is 55.5 Å². The minimum absolute atomic E-state index is 0.0103. The second-order valence-electron chi connectivity index (χ2n) is 8.07. The van der Waals surface area contributed by atoms with Crippen molar-refractivity contribution in [3.05, 3.63) is 73.8 Å². The third-order valence-electron chi connectivity index (χ3n) is 5.93. The lowest BCUT2D eigenvalue weighted by Gasteiger charge is -2.36. The molecule has 5 rings (SSSR count). The van der Waals surface area contributed by atoms with Crippen molar-refractivity contribution in [3.8, 4) is 0 Å². The van der Waals surface area contributed by atoms with E-state index >= 15 is 0 Å². The second kappa shape index (κ2) is 7.70. The van der Waals surface area contributed by atoms with E-state index in [9.17, 15) is 9.59 Å². The summed E-state index contributed by atoms with van der Waals surface area (Å²) in [5.74, 6) is -0.0103. The molecular weight excluding hydrogens is 430 g/mol. The molecule has 1 saturated heterocycles. The SMILES string of the molecule is Cc1ccc2[nH]c(=O)c3cc(C(=O)N4CCN(c5cc(Cl)ccc5C)CC4)sc3c2c1. The molecule has 1 aliphatic heterocycles. The molecule has 1 fully saturated rings. The maximum atomic E-state index is 13.2. The smallest absolute Gasteiger partial charge is 0.264 e. The fourth-order valence-electron chi connectivity index (χ4n) is 4.24. The molecule has 0 aliphatic carbocycles. The van der Waals surface area contributed by atoms with Gasteiger partial charge in [-0.05, 0) is 49.7 Å². The first kappa shape index (κ1) is 20.1. The summed E-state index contributed by atoms with van der Waals surface area (Å²) in [5.41, 5.74) is 4.07. The highest BCUT2D eigenvalue weighted by molar-refractivity contribution is 7.21. The van der Waals surface area contributed by atoms with Gasteiger partial charge in [0.25, 0.3) is 11.5 Å². The van der Waals surface area contributed by atoms with Crippen LogP contribution in [0.4, 0.5) is 5.69 Å². The summed E-state index contributed by atoms with van der Waals surface area (Å²) in [4.78, 5) is 33.5. The summed E-state index contributed by atoms with van der Waals surface area (Å²) >= 11 is 7.59. The molecule has 2 aromatic heterocycles. The summed E-state index contributed by atoms with van der Waals surface area (Å²) in [6.45, 7) is 6.87. The van der Waals surface area contributed by atoms with Gasteiger partial charge in [-0.1, -0.05) is 29.3 Å². The third-order valence-corrected chi connectivity index (χ3v) is 7.33. The maximum absolute atomic E-state index is 13.2. The molecule has 4 aromatic rings. The number of nitrogens with one attached hydrogen (secondary N) is 1. The second-order valence-corrected chi connectivity index (χ2v) is 9.56. The van der Waals surface area contributed by atoms with Gasteiger partial charge in [-0.25, -0.2) is 0 Å². The number of aryl methyl sites for hydroxylation is 2. The number of anilines is 1. The standard InChI is InChI=1S/C24H22ClN3O2S/c1-14-3-6-19-17(11-14)22-18(23(29)26-19)13-21(31-22)24(30)28-9-7-27(8-10-28)20-12-16(25)5-4-15(20)2/h3-6,11-13H,7-10H2,1-2H3,(H,26,29). The van der Waals surface area contributed by atoms with Gasteiger partial charge in [0.2, 0.25) is 0 Å². The summed E-state index contributed by atoms with van der Waals surface area (Å²) in [7, 11) is 0. The Balaban J connectivity index is 1.41. The lowest BCUT2D eigenvalue weighted by molar-refractivity contribution is 0.0751. The molecule has 0 radical (unpaired) electrons. The lowest BCUT2D eigenvalue weighted by atomic mass is 10.1. The van der Waals surface area contributed by atoms with Gasteiger partial charge >= 0.3 is 0 Å². The van der Waals surface area contributed by atoms with Crippen LogP contribution >= 0.6 is 22.9 Å². The van der Waals surface area contributed by atoms with E-state index in [0.29, 0.717) is 23.4 Å². The molecule has 2 aromatic carbocycles. The number of halogens is 1. The highest BCUT2D eigenvalue weighted by atomic mass is 35.5. The number of piperazine rings is 1. The van der Waals surface area contributed by atoms with Crippen LogP contribution in [0.25, 0.3) is 21.0 Å². The van der Waals surface area contributed by atoms with Crippen LogP contribution in [0.5, 0.6) is 0 Å². The number of aromatic nitrogens is 1. The van der Waals surface area contributed by atoms with Crippen molar-refractivity contribution in [1.29, 1.82) is 0 Å². The molecule has 3 heterocycles. The Hall–Kier alpha value is -2.83. The number of carbonyl (C=O) groups excluding carboxylic acids is 1. The number of rotatable bonds is 2. The van der Waals surface area contributed by atoms with Crippen LogP contribution in [0.2, 0.25) is 5.02 Å². The number of aromatic amines is 1. The van der Waals surface area contributed by atoms with E-state index in [-0.39, 0.29) is 11.5 Å². The Morgan fingerprint density at radius 1 is 1.00 bits per heavy atom. The molecule has 0 bridgehead atoms. The fraction of sp³-hybridized carbons (Fsp3) is 0.250. The Bertz CT molecular complexity index is 1380. The summed E-state index contributed by atoms with van der Waals surface area (Å²) in [5, 5.41) is 2.29. The molecule has 0 spiro atoms. The fourth-order valence-corrected chi connectivity index (χ4v) is 5.56. The quantitative estimate of drug-likeness (QED) is 0.468. The van der Waals surface area contributed by atoms with Crippen molar-refractivity contribution in [1.82, 2.24) is 9.88 Å². The van der Waals surface area contributed by atoms with E-state index in [1.165, 1.54) is 16.9 Å². The Kier molecular flexibility index (Phi) is 4.99. The van der Waals surface area contributed by atoms with Crippen molar-refractivity contribution < 1.29 is 4.79 Å². The van der Waals surface area contributed by atoms with E-state index in [2.05, 4.69) is 22.9 Å². The summed E-state index contributed by atoms with van der Waals surface area (Å²) in [6.07, 6.45) is 0. The Morgan fingerprint density at radius 3 is 2.55 bits per heavy atom. The third kappa shape index (κ3) is 3.60. The van der Waals surface area contributed by atoms with Crippen LogP contribution in [0, 0.1) is 13.8 Å². The van der Waals surface area contributed by atoms with Crippen LogP contribution in [-0.4, -0.2) is 42.0 Å². The average molecular weight is 452 g/mol. The van der Waals surface area contributed by atoms with Crippen LogP contribution in [0.3, 0.4) is 0 Å². The average Bonchev–Trinajstić information content (AvgIpc) is 3.22. The number of fused-ring (bicyclic) bond motifs is 3. The lowest BCUT2D eigenvalue weighted by Crippen LogP contribution is -2.48. The van der Waals surface area contributed by atoms with Crippen LogP contribution < -0.4 is 10.5 Å². The molecule has 0 atom stereocenters. The van der Waals surface area contributed by atoms with Crippen LogP contribution in [-0.2, 0) is 0 Å². The molecule has 5 nitrogen and oxygen atoms in total. The molecule has 1 N–H and O–H groups in total. The zero-order valence-electron chi connectivity index (χ0n) is 17.4. The predicted octanol–water partition coefficient (Wildman–Crippen LogP) is 4.98. The van der Waals surface area contributed by atoms with Gasteiger partial charge < -0.3 is 14.8 Å². The van der Waals surface area contributed by atoms with E-state index in [1.54, 1.807) is 6.07 Å². The first-order valence-corrected chi connectivity index (χ1v) is 11.5. The number of thiophene rings is 1. The van der Waals surface area contributed by atoms with Gasteiger partial charge in [0.15, 0.2) is 0 Å². The number of benzene rings is 2. The predicted molar refractivity (Wildman–Crippen MR) is 129 cm³/mol. The minimum atomic E-state index is -0.150. The number of nitrogens with zero attached hydrogens (tertiary/aromatic N) is 2. The number of carbonyl (C=O) groups is 1. The molecule has 0 unspecified atom stereocenters. The van der Waals surface area contributed by atoms with Crippen molar-refractivity contribution in [2.45, 2.75) is 13.8 Å². The first-order chi connectivity index (χ1) is 14.9. The van der Waals surface area contributed by atoms with Crippen molar-refractivity contribution in [2.24, 2.45) is 0 Å². The minimum Gasteiger partial charge on any atom is -0.368 e. The highest BCUT2D eigenvalue weighted by Crippen LogP contribution is 2.31. The molecular formula is C24H22ClN3O2S. The largest absolute Gasteiger partial charge is 0.368 e. The normalized spacial score (nSPS) is 14.5. The van der Waals surface area contributed by atoms with Gasteiger partial charge in [0.05, 0.1) is 10.3 Å². The highest BCUT2D eigenvalue weighted by Gasteiger charge is 2.25. The molecule has 0 saturated carbocycles. The topological polar surface area (TPSA) is 56.4 Å². The monoisotopic (exact) mass is 451 g/mol. The molecule has 7 heteroatoms. The van der Waals surface area contributed by atoms with E-state index in [4.69, 9.17) is 11.6 Å². The number of hydrogen-bond acceptors (Lipinski definition) is 4. The number of H-pyrrole nitrogens is 1. The zero-order valence-corrected chi connectivity index (χ0v) is 18.9. The molecule has 1 aliphatic rings. The maximum Gasteiger partial charge on any atom is 0.264 e. The van der Waals surface area contributed by atoms with E-state index in [1.807, 2.05) is 42.2 Å². The Labute approximate surface area is 188 Å². The zero-order chi connectivity index (χ0) is 21.7. The van der Waals surface area contributed by atoms with Gasteiger partial charge in [-0.15, -0.1) is 11.3 Å². The van der Waals surface area contributed by atoms with Gasteiger partial charge in [0, 0.05) is 52.5 Å². The molecule has 1 amide bonds. The Morgan fingerprint density at radius 2 is 1.77 bits per heavy atom. The first-order valence-electron chi connectivity index (χ1n) is 10.3. The van der Waals surface area contributed by atoms with Gasteiger partial charge in [-0.2, -0.15) is 0 Å². The van der Waals surface area contributed by atoms with Crippen LogP contribution in [0.1, 0.15) is 20.8 Å². The number of pyridine rings is 1. The molecule has 158 valence electrons.